The summed E-state index contributed by atoms with van der Waals surface area (Å²) in [5, 5.41) is 18.1. The smallest absolute Gasteiger partial charge is 0.264 e. The molecule has 0 aliphatic heterocycles. The number of aromatic nitrogens is 3. The lowest BCUT2D eigenvalue weighted by Gasteiger charge is -2.03. The molecule has 1 aliphatic carbocycles. The third kappa shape index (κ3) is 2.73. The predicted molar refractivity (Wildman–Crippen MR) is 94.3 cm³/mol. The Hall–Kier alpha value is -2.25. The van der Waals surface area contributed by atoms with Gasteiger partial charge in [0, 0.05) is 21.3 Å². The monoisotopic (exact) mass is 401 g/mol. The highest BCUT2D eigenvalue weighted by atomic mass is 79.9. The molecule has 2 aromatic heterocycles. The van der Waals surface area contributed by atoms with E-state index in [4.69, 9.17) is 4.42 Å². The van der Waals surface area contributed by atoms with Gasteiger partial charge in [-0.3, -0.25) is 4.79 Å². The normalized spacial score (nSPS) is 15.4. The third-order valence-corrected chi connectivity index (χ3v) is 5.01. The van der Waals surface area contributed by atoms with E-state index in [-0.39, 0.29) is 17.6 Å². The van der Waals surface area contributed by atoms with Crippen molar-refractivity contribution in [2.24, 2.45) is 0 Å². The summed E-state index contributed by atoms with van der Waals surface area (Å²) in [6.07, 6.45) is 1.26. The van der Waals surface area contributed by atoms with Crippen molar-refractivity contribution in [2.45, 2.75) is 32.3 Å². The topological polar surface area (TPSA) is 92.0 Å². The van der Waals surface area contributed by atoms with Gasteiger partial charge in [0.2, 0.25) is 5.89 Å². The second-order valence-electron chi connectivity index (χ2n) is 6.41. The minimum absolute atomic E-state index is 0.0700. The molecule has 1 fully saturated rings. The molecule has 0 saturated heterocycles. The van der Waals surface area contributed by atoms with Crippen LogP contribution in [0.25, 0.3) is 11.6 Å². The number of ketones is 1. The number of benzene rings is 1. The van der Waals surface area contributed by atoms with Crippen LogP contribution in [0.3, 0.4) is 0 Å². The Kier molecular flexibility index (Phi) is 3.66. The van der Waals surface area contributed by atoms with E-state index in [9.17, 15) is 9.90 Å². The van der Waals surface area contributed by atoms with Crippen LogP contribution in [0.15, 0.2) is 33.2 Å². The molecule has 4 rings (SSSR count). The fourth-order valence-electron chi connectivity index (χ4n) is 2.92. The van der Waals surface area contributed by atoms with Crippen molar-refractivity contribution in [2.75, 3.05) is 0 Å². The summed E-state index contributed by atoms with van der Waals surface area (Å²) in [5.41, 5.74) is 2.32. The molecule has 25 heavy (non-hydrogen) atoms. The van der Waals surface area contributed by atoms with Gasteiger partial charge in [0.25, 0.3) is 5.89 Å². The standard InChI is InChI=1S/C18H16BrN3O3/c1-9-13(15(23)11-4-3-5-12(19)8-11)10(2)20-14(9)16-21-22-17(25-16)18(24)6-7-18/h3-5,8,20,24H,6-7H2,1-2H3. The van der Waals surface area contributed by atoms with Gasteiger partial charge in [-0.1, -0.05) is 28.1 Å². The lowest BCUT2D eigenvalue weighted by atomic mass is 10.00. The van der Waals surface area contributed by atoms with Crippen LogP contribution in [0, 0.1) is 13.8 Å². The molecule has 0 unspecified atom stereocenters. The van der Waals surface area contributed by atoms with E-state index in [0.717, 1.165) is 15.7 Å². The first-order valence-electron chi connectivity index (χ1n) is 7.95. The summed E-state index contributed by atoms with van der Waals surface area (Å²) in [4.78, 5) is 16.1. The lowest BCUT2D eigenvalue weighted by Crippen LogP contribution is -2.04. The van der Waals surface area contributed by atoms with Gasteiger partial charge in [0.1, 0.15) is 11.3 Å². The zero-order valence-corrected chi connectivity index (χ0v) is 15.3. The van der Waals surface area contributed by atoms with Gasteiger partial charge in [0.15, 0.2) is 5.78 Å². The van der Waals surface area contributed by atoms with Gasteiger partial charge >= 0.3 is 0 Å². The summed E-state index contributed by atoms with van der Waals surface area (Å²) in [5.74, 6) is 0.442. The van der Waals surface area contributed by atoms with E-state index in [0.29, 0.717) is 29.7 Å². The number of nitrogens with zero attached hydrogens (tertiary/aromatic N) is 2. The second-order valence-corrected chi connectivity index (χ2v) is 7.32. The Morgan fingerprint density at radius 2 is 2.08 bits per heavy atom. The summed E-state index contributed by atoms with van der Waals surface area (Å²) in [6.45, 7) is 3.69. The molecule has 1 aliphatic rings. The summed E-state index contributed by atoms with van der Waals surface area (Å²) in [7, 11) is 0. The quantitative estimate of drug-likeness (QED) is 0.650. The fraction of sp³-hybridized carbons (Fsp3) is 0.278. The Labute approximate surface area is 152 Å². The average Bonchev–Trinajstić information content (AvgIpc) is 3.03. The second kappa shape index (κ2) is 5.64. The van der Waals surface area contributed by atoms with Crippen LogP contribution < -0.4 is 0 Å². The van der Waals surface area contributed by atoms with E-state index >= 15 is 0 Å². The van der Waals surface area contributed by atoms with Crippen LogP contribution in [0.5, 0.6) is 0 Å². The van der Waals surface area contributed by atoms with Gasteiger partial charge < -0.3 is 14.5 Å². The number of hydrogen-bond donors (Lipinski definition) is 2. The van der Waals surface area contributed by atoms with Crippen molar-refractivity contribution in [1.82, 2.24) is 15.2 Å². The highest BCUT2D eigenvalue weighted by Gasteiger charge is 2.47. The molecule has 2 heterocycles. The van der Waals surface area contributed by atoms with Crippen LogP contribution in [0.2, 0.25) is 0 Å². The van der Waals surface area contributed by atoms with E-state index in [1.807, 2.05) is 26.0 Å². The largest absolute Gasteiger partial charge is 0.416 e. The molecule has 1 saturated carbocycles. The molecular formula is C18H16BrN3O3. The summed E-state index contributed by atoms with van der Waals surface area (Å²) < 4.78 is 6.48. The number of rotatable bonds is 4. The van der Waals surface area contributed by atoms with Crippen LogP contribution in [-0.4, -0.2) is 26.1 Å². The van der Waals surface area contributed by atoms with E-state index < -0.39 is 5.60 Å². The zero-order valence-electron chi connectivity index (χ0n) is 13.8. The van der Waals surface area contributed by atoms with Gasteiger partial charge in [-0.25, -0.2) is 0 Å². The minimum atomic E-state index is -0.976. The molecule has 0 bridgehead atoms. The van der Waals surface area contributed by atoms with Gasteiger partial charge in [0.05, 0.1) is 0 Å². The number of aliphatic hydroxyl groups is 1. The van der Waals surface area contributed by atoms with Crippen molar-refractivity contribution >= 4 is 21.7 Å². The van der Waals surface area contributed by atoms with Crippen molar-refractivity contribution in [1.29, 1.82) is 0 Å². The molecule has 0 amide bonds. The first-order valence-corrected chi connectivity index (χ1v) is 8.74. The molecule has 6 nitrogen and oxygen atoms in total. The van der Waals surface area contributed by atoms with Gasteiger partial charge in [-0.05, 0) is 44.4 Å². The molecule has 0 atom stereocenters. The van der Waals surface area contributed by atoms with Crippen LogP contribution in [-0.2, 0) is 5.60 Å². The number of hydrogen-bond acceptors (Lipinski definition) is 5. The Morgan fingerprint density at radius 3 is 2.76 bits per heavy atom. The number of aromatic amines is 1. The third-order valence-electron chi connectivity index (χ3n) is 4.51. The number of carbonyl (C=O) groups is 1. The number of halogens is 1. The van der Waals surface area contributed by atoms with Crippen molar-refractivity contribution in [3.8, 4) is 11.6 Å². The molecule has 128 valence electrons. The van der Waals surface area contributed by atoms with Crippen LogP contribution >= 0.6 is 15.9 Å². The first kappa shape index (κ1) is 16.2. The minimum Gasteiger partial charge on any atom is -0.416 e. The number of H-pyrrole nitrogens is 1. The molecule has 0 spiro atoms. The molecule has 3 aromatic rings. The number of carbonyl (C=O) groups excluding carboxylic acids is 1. The molecule has 0 radical (unpaired) electrons. The molecular weight excluding hydrogens is 386 g/mol. The van der Waals surface area contributed by atoms with Crippen LogP contribution in [0.4, 0.5) is 0 Å². The predicted octanol–water partition coefficient (Wildman–Crippen LogP) is 3.66. The van der Waals surface area contributed by atoms with E-state index in [1.165, 1.54) is 0 Å². The van der Waals surface area contributed by atoms with Gasteiger partial charge in [-0.15, -0.1) is 10.2 Å². The maximum absolute atomic E-state index is 12.9. The number of aryl methyl sites for hydroxylation is 1. The maximum Gasteiger partial charge on any atom is 0.264 e. The Morgan fingerprint density at radius 1 is 1.32 bits per heavy atom. The fourth-order valence-corrected chi connectivity index (χ4v) is 3.32. The van der Waals surface area contributed by atoms with E-state index in [1.54, 1.807) is 12.1 Å². The molecule has 1 aromatic carbocycles. The van der Waals surface area contributed by atoms with Gasteiger partial charge in [-0.2, -0.15) is 0 Å². The number of nitrogens with one attached hydrogen (secondary N) is 1. The summed E-state index contributed by atoms with van der Waals surface area (Å²) in [6, 6.07) is 7.28. The first-order chi connectivity index (χ1) is 11.9. The SMILES string of the molecule is Cc1[nH]c(-c2nnc(C3(O)CC3)o2)c(C)c1C(=O)c1cccc(Br)c1. The molecule has 7 heteroatoms. The van der Waals surface area contributed by atoms with Crippen molar-refractivity contribution < 1.29 is 14.3 Å². The Balaban J connectivity index is 1.74. The van der Waals surface area contributed by atoms with E-state index in [2.05, 4.69) is 31.1 Å². The lowest BCUT2D eigenvalue weighted by molar-refractivity contribution is 0.103. The van der Waals surface area contributed by atoms with Crippen molar-refractivity contribution in [3.63, 3.8) is 0 Å². The zero-order chi connectivity index (χ0) is 17.8. The Bertz CT molecular complexity index is 985. The molecule has 2 N–H and O–H groups in total. The van der Waals surface area contributed by atoms with Crippen LogP contribution in [0.1, 0.15) is 45.9 Å². The highest BCUT2D eigenvalue weighted by Crippen LogP contribution is 2.45. The highest BCUT2D eigenvalue weighted by molar-refractivity contribution is 9.10. The summed E-state index contributed by atoms with van der Waals surface area (Å²) >= 11 is 3.39. The van der Waals surface area contributed by atoms with Crippen molar-refractivity contribution in [3.05, 3.63) is 57.0 Å². The average molecular weight is 402 g/mol. The maximum atomic E-state index is 12.9.